The third-order valence-electron chi connectivity index (χ3n) is 2.77. The van der Waals surface area contributed by atoms with E-state index in [9.17, 15) is 4.79 Å². The highest BCUT2D eigenvalue weighted by atomic mass is 35.5. The van der Waals surface area contributed by atoms with Crippen LogP contribution in [-0.4, -0.2) is 13.1 Å². The first kappa shape index (κ1) is 13.9. The molecule has 0 radical (unpaired) electrons. The van der Waals surface area contributed by atoms with Gasteiger partial charge in [0.15, 0.2) is 6.04 Å². The van der Waals surface area contributed by atoms with Crippen molar-refractivity contribution >= 4 is 34.6 Å². The molecule has 100 valence electrons. The molecular weight excluding hydrogens is 282 g/mol. The second-order valence-corrected chi connectivity index (χ2v) is 5.40. The lowest BCUT2D eigenvalue weighted by Crippen LogP contribution is -2.22. The molecule has 1 aromatic carbocycles. The minimum absolute atomic E-state index is 0.328. The number of carbonyl (C=O) groups excluding carboxylic acids is 1. The van der Waals surface area contributed by atoms with Gasteiger partial charge in [-0.3, -0.25) is 0 Å². The van der Waals surface area contributed by atoms with Crippen molar-refractivity contribution in [3.8, 4) is 0 Å². The molecule has 1 heterocycles. The SMILES string of the molecule is COC(=O)C(Nc1ccccc1Cl)c1sccc1C. The molecule has 1 N–H and O–H groups in total. The first-order valence-electron chi connectivity index (χ1n) is 5.76. The van der Waals surface area contributed by atoms with Crippen LogP contribution >= 0.6 is 22.9 Å². The summed E-state index contributed by atoms with van der Waals surface area (Å²) in [6, 6.07) is 8.76. The number of nitrogens with one attached hydrogen (secondary N) is 1. The van der Waals surface area contributed by atoms with Crippen LogP contribution in [0.2, 0.25) is 5.02 Å². The van der Waals surface area contributed by atoms with Crippen molar-refractivity contribution in [3.63, 3.8) is 0 Å². The van der Waals surface area contributed by atoms with Gasteiger partial charge in [-0.15, -0.1) is 11.3 Å². The summed E-state index contributed by atoms with van der Waals surface area (Å²) >= 11 is 7.63. The molecule has 0 amide bonds. The number of anilines is 1. The summed E-state index contributed by atoms with van der Waals surface area (Å²) in [5.74, 6) is -0.328. The van der Waals surface area contributed by atoms with Gasteiger partial charge in [0.25, 0.3) is 0 Å². The largest absolute Gasteiger partial charge is 0.467 e. The fraction of sp³-hybridized carbons (Fsp3) is 0.214. The van der Waals surface area contributed by atoms with E-state index >= 15 is 0 Å². The van der Waals surface area contributed by atoms with Crippen LogP contribution in [0.5, 0.6) is 0 Å². The Balaban J connectivity index is 2.33. The Morgan fingerprint density at radius 1 is 1.37 bits per heavy atom. The van der Waals surface area contributed by atoms with E-state index in [-0.39, 0.29) is 5.97 Å². The van der Waals surface area contributed by atoms with Crippen LogP contribution in [0.3, 0.4) is 0 Å². The minimum Gasteiger partial charge on any atom is -0.467 e. The van der Waals surface area contributed by atoms with E-state index in [0.29, 0.717) is 10.7 Å². The fourth-order valence-corrected chi connectivity index (χ4v) is 2.92. The molecule has 2 rings (SSSR count). The highest BCUT2D eigenvalue weighted by Gasteiger charge is 2.24. The molecule has 1 aromatic heterocycles. The second kappa shape index (κ2) is 6.08. The predicted octanol–water partition coefficient (Wildman–Crippen LogP) is 4.04. The number of methoxy groups -OCH3 is 1. The highest BCUT2D eigenvalue weighted by molar-refractivity contribution is 7.10. The molecule has 19 heavy (non-hydrogen) atoms. The zero-order valence-corrected chi connectivity index (χ0v) is 12.2. The molecule has 0 saturated carbocycles. The summed E-state index contributed by atoms with van der Waals surface area (Å²) in [5, 5.41) is 5.67. The number of ether oxygens (including phenoxy) is 1. The van der Waals surface area contributed by atoms with Gasteiger partial charge < -0.3 is 10.1 Å². The predicted molar refractivity (Wildman–Crippen MR) is 78.9 cm³/mol. The van der Waals surface area contributed by atoms with Gasteiger partial charge in [0.1, 0.15) is 0 Å². The van der Waals surface area contributed by atoms with Gasteiger partial charge in [0, 0.05) is 4.88 Å². The van der Waals surface area contributed by atoms with Gasteiger partial charge in [-0.05, 0) is 36.1 Å². The van der Waals surface area contributed by atoms with E-state index < -0.39 is 6.04 Å². The average Bonchev–Trinajstić information content (AvgIpc) is 2.83. The molecule has 0 aliphatic carbocycles. The molecule has 5 heteroatoms. The maximum atomic E-state index is 12.0. The van der Waals surface area contributed by atoms with Crippen LogP contribution in [0, 0.1) is 6.92 Å². The standard InChI is InChI=1S/C14H14ClNO2S/c1-9-7-8-19-13(9)12(14(17)18-2)16-11-6-4-3-5-10(11)15/h3-8,12,16H,1-2H3. The summed E-state index contributed by atoms with van der Waals surface area (Å²) < 4.78 is 4.87. The number of aryl methyl sites for hydroxylation is 1. The number of rotatable bonds is 4. The molecule has 0 spiro atoms. The van der Waals surface area contributed by atoms with Crippen molar-refractivity contribution in [1.82, 2.24) is 0 Å². The fourth-order valence-electron chi connectivity index (χ4n) is 1.76. The van der Waals surface area contributed by atoms with E-state index in [1.807, 2.05) is 36.6 Å². The number of carbonyl (C=O) groups is 1. The van der Waals surface area contributed by atoms with Crippen LogP contribution in [-0.2, 0) is 9.53 Å². The summed E-state index contributed by atoms with van der Waals surface area (Å²) in [6.07, 6.45) is 0. The Morgan fingerprint density at radius 2 is 2.11 bits per heavy atom. The number of para-hydroxylation sites is 1. The van der Waals surface area contributed by atoms with Crippen LogP contribution in [0.15, 0.2) is 35.7 Å². The lowest BCUT2D eigenvalue weighted by Gasteiger charge is -2.18. The van der Waals surface area contributed by atoms with Crippen LogP contribution in [0.25, 0.3) is 0 Å². The quantitative estimate of drug-likeness (QED) is 0.865. The maximum Gasteiger partial charge on any atom is 0.333 e. The third-order valence-corrected chi connectivity index (χ3v) is 4.19. The van der Waals surface area contributed by atoms with E-state index in [1.54, 1.807) is 6.07 Å². The van der Waals surface area contributed by atoms with Crippen LogP contribution < -0.4 is 5.32 Å². The molecule has 2 aromatic rings. The molecule has 1 unspecified atom stereocenters. The van der Waals surface area contributed by atoms with Crippen molar-refractivity contribution in [2.24, 2.45) is 0 Å². The zero-order valence-electron chi connectivity index (χ0n) is 10.6. The molecule has 0 saturated heterocycles. The first-order chi connectivity index (χ1) is 9.13. The van der Waals surface area contributed by atoms with Crippen molar-refractivity contribution in [3.05, 3.63) is 51.2 Å². The van der Waals surface area contributed by atoms with Gasteiger partial charge in [-0.1, -0.05) is 23.7 Å². The monoisotopic (exact) mass is 295 g/mol. The second-order valence-electron chi connectivity index (χ2n) is 4.05. The normalized spacial score (nSPS) is 11.9. The van der Waals surface area contributed by atoms with Gasteiger partial charge in [0.05, 0.1) is 17.8 Å². The van der Waals surface area contributed by atoms with Crippen molar-refractivity contribution < 1.29 is 9.53 Å². The lowest BCUT2D eigenvalue weighted by molar-refractivity contribution is -0.141. The number of halogens is 1. The molecule has 1 atom stereocenters. The minimum atomic E-state index is -0.537. The highest BCUT2D eigenvalue weighted by Crippen LogP contribution is 2.30. The Labute approximate surface area is 121 Å². The van der Waals surface area contributed by atoms with E-state index in [4.69, 9.17) is 16.3 Å². The Kier molecular flexibility index (Phi) is 4.45. The summed E-state index contributed by atoms with van der Waals surface area (Å²) in [4.78, 5) is 12.9. The molecule has 0 fully saturated rings. The lowest BCUT2D eigenvalue weighted by atomic mass is 10.1. The molecule has 0 bridgehead atoms. The van der Waals surface area contributed by atoms with Gasteiger partial charge in [-0.2, -0.15) is 0 Å². The Bertz CT molecular complexity index is 582. The van der Waals surface area contributed by atoms with Gasteiger partial charge in [-0.25, -0.2) is 4.79 Å². The number of thiophene rings is 1. The molecule has 0 aliphatic rings. The molecular formula is C14H14ClNO2S. The Morgan fingerprint density at radius 3 is 2.68 bits per heavy atom. The zero-order chi connectivity index (χ0) is 13.8. The number of hydrogen-bond donors (Lipinski definition) is 1. The van der Waals surface area contributed by atoms with Crippen molar-refractivity contribution in [2.75, 3.05) is 12.4 Å². The van der Waals surface area contributed by atoms with Crippen molar-refractivity contribution in [2.45, 2.75) is 13.0 Å². The first-order valence-corrected chi connectivity index (χ1v) is 7.02. The smallest absolute Gasteiger partial charge is 0.333 e. The van der Waals surface area contributed by atoms with E-state index in [0.717, 1.165) is 10.4 Å². The number of esters is 1. The number of benzene rings is 1. The van der Waals surface area contributed by atoms with Crippen LogP contribution in [0.4, 0.5) is 5.69 Å². The maximum absolute atomic E-state index is 12.0. The summed E-state index contributed by atoms with van der Waals surface area (Å²) in [7, 11) is 1.38. The topological polar surface area (TPSA) is 38.3 Å². The van der Waals surface area contributed by atoms with Gasteiger partial charge >= 0.3 is 5.97 Å². The molecule has 3 nitrogen and oxygen atoms in total. The van der Waals surface area contributed by atoms with E-state index in [1.165, 1.54) is 18.4 Å². The molecule has 0 aliphatic heterocycles. The van der Waals surface area contributed by atoms with Gasteiger partial charge in [0.2, 0.25) is 0 Å². The number of hydrogen-bond acceptors (Lipinski definition) is 4. The Hall–Kier alpha value is -1.52. The average molecular weight is 296 g/mol. The van der Waals surface area contributed by atoms with E-state index in [2.05, 4.69) is 5.32 Å². The van der Waals surface area contributed by atoms with Crippen LogP contribution in [0.1, 0.15) is 16.5 Å². The summed E-state index contributed by atoms with van der Waals surface area (Å²) in [6.45, 7) is 1.97. The summed E-state index contributed by atoms with van der Waals surface area (Å²) in [5.41, 5.74) is 1.77. The van der Waals surface area contributed by atoms with Crippen molar-refractivity contribution in [1.29, 1.82) is 0 Å². The third kappa shape index (κ3) is 3.08.